The van der Waals surface area contributed by atoms with Gasteiger partial charge in [0.25, 0.3) is 0 Å². The van der Waals surface area contributed by atoms with Gasteiger partial charge in [0.1, 0.15) is 5.82 Å². The van der Waals surface area contributed by atoms with Crippen molar-refractivity contribution in [2.45, 2.75) is 32.9 Å². The Labute approximate surface area is 137 Å². The van der Waals surface area contributed by atoms with Gasteiger partial charge in [-0.2, -0.15) is 0 Å². The number of imidazole rings is 1. The average Bonchev–Trinajstić information content (AvgIpc) is 3.06. The Morgan fingerprint density at radius 3 is 2.78 bits per heavy atom. The van der Waals surface area contributed by atoms with Gasteiger partial charge in [-0.15, -0.1) is 0 Å². The zero-order valence-electron chi connectivity index (χ0n) is 14.1. The summed E-state index contributed by atoms with van der Waals surface area (Å²) >= 11 is 0. The van der Waals surface area contributed by atoms with Crippen molar-refractivity contribution in [1.82, 2.24) is 20.2 Å². The maximum absolute atomic E-state index is 4.59. The lowest BCUT2D eigenvalue weighted by molar-refractivity contribution is 0.460. The fourth-order valence-corrected chi connectivity index (χ4v) is 2.62. The molecule has 1 aliphatic rings. The summed E-state index contributed by atoms with van der Waals surface area (Å²) in [7, 11) is 2.05. The Morgan fingerprint density at radius 1 is 1.39 bits per heavy atom. The lowest BCUT2D eigenvalue weighted by Crippen LogP contribution is -2.40. The minimum atomic E-state index is 0.569. The first-order valence-electron chi connectivity index (χ1n) is 8.28. The molecule has 3 rings (SSSR count). The van der Waals surface area contributed by atoms with Crippen molar-refractivity contribution in [2.24, 2.45) is 10.9 Å². The van der Waals surface area contributed by atoms with Gasteiger partial charge in [0.2, 0.25) is 0 Å². The van der Waals surface area contributed by atoms with E-state index < -0.39 is 0 Å². The Kier molecular flexibility index (Phi) is 4.65. The molecule has 1 aromatic heterocycles. The molecule has 2 aromatic rings. The molecule has 2 atom stereocenters. The van der Waals surface area contributed by atoms with Crippen molar-refractivity contribution in [3.05, 3.63) is 42.4 Å². The van der Waals surface area contributed by atoms with Crippen molar-refractivity contribution in [1.29, 1.82) is 0 Å². The molecule has 0 amide bonds. The molecular weight excluding hydrogens is 286 g/mol. The number of aliphatic imine (C=N–C) groups is 1. The lowest BCUT2D eigenvalue weighted by atomic mass is 10.2. The van der Waals surface area contributed by atoms with Crippen molar-refractivity contribution in [3.63, 3.8) is 0 Å². The summed E-state index contributed by atoms with van der Waals surface area (Å²) in [6.07, 6.45) is 3.13. The Balaban J connectivity index is 1.66. The monoisotopic (exact) mass is 311 g/mol. The van der Waals surface area contributed by atoms with Crippen molar-refractivity contribution >= 4 is 5.96 Å². The molecule has 5 heteroatoms. The maximum Gasteiger partial charge on any atom is 0.194 e. The highest BCUT2D eigenvalue weighted by molar-refractivity contribution is 5.80. The minimum Gasteiger partial charge on any atom is -0.353 e. The van der Waals surface area contributed by atoms with Crippen LogP contribution in [0.2, 0.25) is 0 Å². The number of nitrogens with one attached hydrogen (secondary N) is 2. The van der Waals surface area contributed by atoms with Gasteiger partial charge >= 0.3 is 0 Å². The van der Waals surface area contributed by atoms with E-state index in [4.69, 9.17) is 0 Å². The highest BCUT2D eigenvalue weighted by Crippen LogP contribution is 2.29. The van der Waals surface area contributed by atoms with Gasteiger partial charge in [0.15, 0.2) is 5.96 Å². The second-order valence-corrected chi connectivity index (χ2v) is 6.23. The molecule has 1 fully saturated rings. The van der Waals surface area contributed by atoms with Crippen molar-refractivity contribution in [2.75, 3.05) is 13.6 Å². The number of benzene rings is 1. The molecule has 0 spiro atoms. The largest absolute Gasteiger partial charge is 0.353 e. The zero-order valence-corrected chi connectivity index (χ0v) is 14.1. The third-order valence-electron chi connectivity index (χ3n) is 4.19. The molecule has 0 bridgehead atoms. The normalized spacial score (nSPS) is 20.4. The van der Waals surface area contributed by atoms with Gasteiger partial charge in [0.05, 0.1) is 18.4 Å². The third-order valence-corrected chi connectivity index (χ3v) is 4.19. The van der Waals surface area contributed by atoms with E-state index in [1.54, 1.807) is 0 Å². The van der Waals surface area contributed by atoms with Gasteiger partial charge in [-0.3, -0.25) is 4.99 Å². The predicted molar refractivity (Wildman–Crippen MR) is 94.2 cm³/mol. The van der Waals surface area contributed by atoms with Gasteiger partial charge in [-0.25, -0.2) is 4.98 Å². The van der Waals surface area contributed by atoms with Crippen LogP contribution in [0.4, 0.5) is 0 Å². The summed E-state index contributed by atoms with van der Waals surface area (Å²) in [6.45, 7) is 5.81. The SMILES string of the molecule is CCN=C(NC1CC1C)N(C)Cc1ncc(-c2ccccc2)[nH]1. The second-order valence-electron chi connectivity index (χ2n) is 6.23. The van der Waals surface area contributed by atoms with Gasteiger partial charge in [-0.1, -0.05) is 37.3 Å². The van der Waals surface area contributed by atoms with Gasteiger partial charge < -0.3 is 15.2 Å². The Morgan fingerprint density at radius 2 is 2.13 bits per heavy atom. The molecular formula is C18H25N5. The highest BCUT2D eigenvalue weighted by atomic mass is 15.3. The van der Waals surface area contributed by atoms with Gasteiger partial charge in [-0.05, 0) is 24.8 Å². The Hall–Kier alpha value is -2.30. The molecule has 1 saturated carbocycles. The molecule has 0 saturated heterocycles. The summed E-state index contributed by atoms with van der Waals surface area (Å²) < 4.78 is 0. The molecule has 1 aromatic carbocycles. The van der Waals surface area contributed by atoms with E-state index in [9.17, 15) is 0 Å². The van der Waals surface area contributed by atoms with Crippen LogP contribution >= 0.6 is 0 Å². The number of hydrogen-bond donors (Lipinski definition) is 2. The van der Waals surface area contributed by atoms with E-state index in [1.807, 2.05) is 24.4 Å². The van der Waals surface area contributed by atoms with Crippen LogP contribution in [0.5, 0.6) is 0 Å². The van der Waals surface area contributed by atoms with Crippen LogP contribution in [0.15, 0.2) is 41.5 Å². The van der Waals surface area contributed by atoms with Crippen LogP contribution < -0.4 is 5.32 Å². The molecule has 0 aliphatic heterocycles. The summed E-state index contributed by atoms with van der Waals surface area (Å²) in [5, 5.41) is 3.53. The molecule has 122 valence electrons. The molecule has 1 aliphatic carbocycles. The smallest absolute Gasteiger partial charge is 0.194 e. The summed E-state index contributed by atoms with van der Waals surface area (Å²) in [5.74, 6) is 2.65. The first-order chi connectivity index (χ1) is 11.2. The molecule has 23 heavy (non-hydrogen) atoms. The molecule has 2 unspecified atom stereocenters. The number of nitrogens with zero attached hydrogens (tertiary/aromatic N) is 3. The fraction of sp³-hybridized carbons (Fsp3) is 0.444. The van der Waals surface area contributed by atoms with Crippen LogP contribution in [-0.2, 0) is 6.54 Å². The standard InChI is InChI=1S/C18H25N5/c1-4-19-18(22-15-10-13(15)2)23(3)12-17-20-11-16(21-17)14-8-6-5-7-9-14/h5-9,11,13,15H,4,10,12H2,1-3H3,(H,19,22)(H,20,21). The van der Waals surface area contributed by atoms with E-state index in [0.717, 1.165) is 35.5 Å². The molecule has 1 heterocycles. The first-order valence-corrected chi connectivity index (χ1v) is 8.28. The van der Waals surface area contributed by atoms with E-state index in [2.05, 4.69) is 58.2 Å². The van der Waals surface area contributed by atoms with Crippen LogP contribution in [0.1, 0.15) is 26.1 Å². The number of aromatic nitrogens is 2. The summed E-state index contributed by atoms with van der Waals surface area (Å²) in [4.78, 5) is 14.6. The summed E-state index contributed by atoms with van der Waals surface area (Å²) in [5.41, 5.74) is 2.20. The number of aromatic amines is 1. The average molecular weight is 311 g/mol. The van der Waals surface area contributed by atoms with Crippen LogP contribution in [0.3, 0.4) is 0 Å². The van der Waals surface area contributed by atoms with E-state index >= 15 is 0 Å². The fourth-order valence-electron chi connectivity index (χ4n) is 2.62. The summed E-state index contributed by atoms with van der Waals surface area (Å²) in [6, 6.07) is 10.8. The van der Waals surface area contributed by atoms with Crippen LogP contribution in [0, 0.1) is 5.92 Å². The van der Waals surface area contributed by atoms with Crippen LogP contribution in [-0.4, -0.2) is 40.5 Å². The molecule has 5 nitrogen and oxygen atoms in total. The lowest BCUT2D eigenvalue weighted by Gasteiger charge is -2.21. The Bertz CT molecular complexity index is 661. The molecule has 2 N–H and O–H groups in total. The number of hydrogen-bond acceptors (Lipinski definition) is 2. The van der Waals surface area contributed by atoms with E-state index in [0.29, 0.717) is 12.6 Å². The van der Waals surface area contributed by atoms with Gasteiger partial charge in [0, 0.05) is 19.6 Å². The third kappa shape index (κ3) is 3.92. The number of guanidine groups is 1. The maximum atomic E-state index is 4.59. The zero-order chi connectivity index (χ0) is 16.2. The van der Waals surface area contributed by atoms with E-state index in [-0.39, 0.29) is 0 Å². The topological polar surface area (TPSA) is 56.3 Å². The van der Waals surface area contributed by atoms with Crippen LogP contribution in [0.25, 0.3) is 11.3 Å². The predicted octanol–water partition coefficient (Wildman–Crippen LogP) is 2.88. The quantitative estimate of drug-likeness (QED) is 0.659. The molecule has 0 radical (unpaired) electrons. The highest BCUT2D eigenvalue weighted by Gasteiger charge is 2.33. The number of rotatable bonds is 5. The second kappa shape index (κ2) is 6.86. The first kappa shape index (κ1) is 15.6. The van der Waals surface area contributed by atoms with Crippen molar-refractivity contribution in [3.8, 4) is 11.3 Å². The van der Waals surface area contributed by atoms with E-state index in [1.165, 1.54) is 6.42 Å². The number of H-pyrrole nitrogens is 1. The van der Waals surface area contributed by atoms with Crippen molar-refractivity contribution < 1.29 is 0 Å². The minimum absolute atomic E-state index is 0.569.